The minimum Gasteiger partial charge on any atom is -0.355 e. The minimum atomic E-state index is -4.17. The van der Waals surface area contributed by atoms with Gasteiger partial charge in [0, 0.05) is 23.7 Å². The lowest BCUT2D eigenvalue weighted by Crippen LogP contribution is -2.29. The molecule has 3 N–H and O–H groups in total. The van der Waals surface area contributed by atoms with Gasteiger partial charge in [-0.2, -0.15) is 0 Å². The van der Waals surface area contributed by atoms with Crippen LogP contribution in [-0.2, 0) is 14.8 Å². The second kappa shape index (κ2) is 11.2. The largest absolute Gasteiger partial charge is 0.355 e. The van der Waals surface area contributed by atoms with Crippen molar-refractivity contribution in [3.63, 3.8) is 0 Å². The molecular weight excluding hydrogens is 486 g/mol. The maximum atomic E-state index is 13.3. The Morgan fingerprint density at radius 3 is 2.03 bits per heavy atom. The Bertz CT molecular complexity index is 1610. The SMILES string of the molecule is CC(=O)NS(=O)(=O)c1ccccc1NC(=O)c1ccc(C#Cc2ccccc2)cc1Nc1ccccc1. The van der Waals surface area contributed by atoms with Crippen molar-refractivity contribution in [2.45, 2.75) is 11.8 Å². The molecule has 0 aliphatic rings. The van der Waals surface area contributed by atoms with Crippen LogP contribution in [-0.4, -0.2) is 20.2 Å². The van der Waals surface area contributed by atoms with Gasteiger partial charge in [-0.1, -0.05) is 60.4 Å². The van der Waals surface area contributed by atoms with Crippen LogP contribution >= 0.6 is 0 Å². The smallest absolute Gasteiger partial charge is 0.266 e. The number of nitrogens with one attached hydrogen (secondary N) is 3. The zero-order valence-electron chi connectivity index (χ0n) is 19.9. The van der Waals surface area contributed by atoms with Gasteiger partial charge in [0.2, 0.25) is 5.91 Å². The summed E-state index contributed by atoms with van der Waals surface area (Å²) in [5, 5.41) is 5.91. The van der Waals surface area contributed by atoms with Gasteiger partial charge in [-0.05, 0) is 54.6 Å². The highest BCUT2D eigenvalue weighted by Crippen LogP contribution is 2.26. The summed E-state index contributed by atoms with van der Waals surface area (Å²) in [5.41, 5.74) is 3.12. The van der Waals surface area contributed by atoms with Crippen molar-refractivity contribution in [2.75, 3.05) is 10.6 Å². The number of sulfonamides is 1. The maximum absolute atomic E-state index is 13.3. The summed E-state index contributed by atoms with van der Waals surface area (Å²) < 4.78 is 27.1. The highest BCUT2D eigenvalue weighted by atomic mass is 32.2. The summed E-state index contributed by atoms with van der Waals surface area (Å²) >= 11 is 0. The molecule has 0 atom stereocenters. The molecule has 0 aromatic heterocycles. The van der Waals surface area contributed by atoms with Gasteiger partial charge in [0.25, 0.3) is 15.9 Å². The first kappa shape index (κ1) is 25.2. The summed E-state index contributed by atoms with van der Waals surface area (Å²) in [6.07, 6.45) is 0. The van der Waals surface area contributed by atoms with Crippen molar-refractivity contribution in [1.82, 2.24) is 4.72 Å². The van der Waals surface area contributed by atoms with Crippen LogP contribution in [0.4, 0.5) is 17.1 Å². The average molecular weight is 510 g/mol. The second-order valence-electron chi connectivity index (χ2n) is 7.98. The molecule has 2 amide bonds. The lowest BCUT2D eigenvalue weighted by Gasteiger charge is -2.15. The third kappa shape index (κ3) is 6.63. The van der Waals surface area contributed by atoms with Gasteiger partial charge in [0.15, 0.2) is 0 Å². The zero-order valence-corrected chi connectivity index (χ0v) is 20.7. The van der Waals surface area contributed by atoms with E-state index in [1.807, 2.05) is 65.4 Å². The van der Waals surface area contributed by atoms with Gasteiger partial charge in [-0.15, -0.1) is 0 Å². The van der Waals surface area contributed by atoms with E-state index in [0.29, 0.717) is 11.3 Å². The molecule has 0 aliphatic carbocycles. The minimum absolute atomic E-state index is 0.0415. The van der Waals surface area contributed by atoms with Crippen molar-refractivity contribution in [3.05, 3.63) is 120 Å². The van der Waals surface area contributed by atoms with E-state index in [1.165, 1.54) is 18.2 Å². The van der Waals surface area contributed by atoms with Crippen LogP contribution in [0, 0.1) is 11.8 Å². The first-order valence-electron chi connectivity index (χ1n) is 11.3. The fourth-order valence-electron chi connectivity index (χ4n) is 3.50. The average Bonchev–Trinajstić information content (AvgIpc) is 2.88. The number of para-hydroxylation sites is 2. The molecule has 184 valence electrons. The predicted molar refractivity (Wildman–Crippen MR) is 144 cm³/mol. The Morgan fingerprint density at radius 1 is 0.703 bits per heavy atom. The van der Waals surface area contributed by atoms with Gasteiger partial charge in [0.1, 0.15) is 4.90 Å². The third-order valence-corrected chi connectivity index (χ3v) is 6.64. The van der Waals surface area contributed by atoms with E-state index in [2.05, 4.69) is 22.5 Å². The van der Waals surface area contributed by atoms with E-state index in [0.717, 1.165) is 18.2 Å². The van der Waals surface area contributed by atoms with Crippen LogP contribution in [0.1, 0.15) is 28.4 Å². The molecule has 4 aromatic carbocycles. The summed E-state index contributed by atoms with van der Waals surface area (Å²) in [5.74, 6) is 4.94. The van der Waals surface area contributed by atoms with Crippen molar-refractivity contribution in [2.24, 2.45) is 0 Å². The molecule has 0 aliphatic heterocycles. The number of amides is 2. The molecule has 0 unspecified atom stereocenters. The van der Waals surface area contributed by atoms with E-state index in [4.69, 9.17) is 0 Å². The number of carbonyl (C=O) groups excluding carboxylic acids is 2. The van der Waals surface area contributed by atoms with E-state index < -0.39 is 21.8 Å². The van der Waals surface area contributed by atoms with Gasteiger partial charge in [-0.25, -0.2) is 13.1 Å². The van der Waals surface area contributed by atoms with Crippen LogP contribution in [0.3, 0.4) is 0 Å². The molecule has 0 heterocycles. The third-order valence-electron chi connectivity index (χ3n) is 5.14. The van der Waals surface area contributed by atoms with Gasteiger partial charge < -0.3 is 10.6 Å². The van der Waals surface area contributed by atoms with Gasteiger partial charge in [0.05, 0.1) is 16.9 Å². The Labute approximate surface area is 215 Å². The van der Waals surface area contributed by atoms with E-state index in [1.54, 1.807) is 24.3 Å². The Kier molecular flexibility index (Phi) is 7.67. The highest BCUT2D eigenvalue weighted by Gasteiger charge is 2.22. The first-order valence-corrected chi connectivity index (χ1v) is 12.8. The van der Waals surface area contributed by atoms with E-state index in [-0.39, 0.29) is 16.1 Å². The number of rotatable bonds is 6. The van der Waals surface area contributed by atoms with Crippen molar-refractivity contribution in [1.29, 1.82) is 0 Å². The van der Waals surface area contributed by atoms with Crippen molar-refractivity contribution in [3.8, 4) is 11.8 Å². The summed E-state index contributed by atoms with van der Waals surface area (Å²) in [6, 6.07) is 29.9. The lowest BCUT2D eigenvalue weighted by molar-refractivity contribution is -0.117. The van der Waals surface area contributed by atoms with Crippen LogP contribution in [0.15, 0.2) is 108 Å². The fraction of sp³-hybridized carbons (Fsp3) is 0.0345. The Balaban J connectivity index is 1.69. The molecular formula is C29H23N3O4S. The molecule has 37 heavy (non-hydrogen) atoms. The fourth-order valence-corrected chi connectivity index (χ4v) is 4.66. The molecule has 0 saturated carbocycles. The number of benzene rings is 4. The van der Waals surface area contributed by atoms with E-state index in [9.17, 15) is 18.0 Å². The lowest BCUT2D eigenvalue weighted by atomic mass is 10.1. The number of hydrogen-bond donors (Lipinski definition) is 3. The van der Waals surface area contributed by atoms with Crippen molar-refractivity contribution < 1.29 is 18.0 Å². The van der Waals surface area contributed by atoms with Crippen LogP contribution < -0.4 is 15.4 Å². The maximum Gasteiger partial charge on any atom is 0.266 e. The molecule has 0 bridgehead atoms. The molecule has 4 aromatic rings. The molecule has 0 fully saturated rings. The second-order valence-corrected chi connectivity index (χ2v) is 9.63. The topological polar surface area (TPSA) is 104 Å². The number of anilines is 3. The standard InChI is InChI=1S/C29H23N3O4S/c1-21(33)32-37(35,36)28-15-9-8-14-26(28)31-29(34)25-19-18-23(17-16-22-10-4-2-5-11-22)20-27(25)30-24-12-6-3-7-13-24/h2-15,18-20,30H,1H3,(H,31,34)(H,32,33). The van der Waals surface area contributed by atoms with E-state index >= 15 is 0 Å². The number of carbonyl (C=O) groups is 2. The molecule has 0 saturated heterocycles. The highest BCUT2D eigenvalue weighted by molar-refractivity contribution is 7.90. The zero-order chi connectivity index (χ0) is 26.3. The molecule has 4 rings (SSSR count). The Hall–Kier alpha value is -4.87. The van der Waals surface area contributed by atoms with Crippen molar-refractivity contribution >= 4 is 38.9 Å². The molecule has 0 radical (unpaired) electrons. The molecule has 0 spiro atoms. The summed E-state index contributed by atoms with van der Waals surface area (Å²) in [7, 11) is -4.17. The quantitative estimate of drug-likeness (QED) is 0.321. The summed E-state index contributed by atoms with van der Waals surface area (Å²) in [6.45, 7) is 1.10. The monoisotopic (exact) mass is 509 g/mol. The number of hydrogen-bond acceptors (Lipinski definition) is 5. The van der Waals surface area contributed by atoms with Gasteiger partial charge >= 0.3 is 0 Å². The first-order chi connectivity index (χ1) is 17.8. The van der Waals surface area contributed by atoms with Gasteiger partial charge in [-0.3, -0.25) is 9.59 Å². The molecule has 7 nitrogen and oxygen atoms in total. The Morgan fingerprint density at radius 2 is 1.32 bits per heavy atom. The van der Waals surface area contributed by atoms with Crippen LogP contribution in [0.5, 0.6) is 0 Å². The summed E-state index contributed by atoms with van der Waals surface area (Å²) in [4.78, 5) is 24.5. The molecule has 8 heteroatoms. The van der Waals surface area contributed by atoms with Crippen LogP contribution in [0.25, 0.3) is 0 Å². The van der Waals surface area contributed by atoms with Crippen LogP contribution in [0.2, 0.25) is 0 Å². The predicted octanol–water partition coefficient (Wildman–Crippen LogP) is 4.91. The normalized spacial score (nSPS) is 10.5.